The van der Waals surface area contributed by atoms with Crippen molar-refractivity contribution in [1.29, 1.82) is 0 Å². The fourth-order valence-electron chi connectivity index (χ4n) is 2.25. The van der Waals surface area contributed by atoms with E-state index in [0.29, 0.717) is 30.7 Å². The zero-order valence-electron chi connectivity index (χ0n) is 8.92. The maximum absolute atomic E-state index is 13.2. The summed E-state index contributed by atoms with van der Waals surface area (Å²) in [6, 6.07) is 4.41. The molecule has 3 N–H and O–H groups in total. The van der Waals surface area contributed by atoms with E-state index in [-0.39, 0.29) is 11.9 Å². The SMILES string of the molecule is NC1(c2cc(F)cc(Cl)c2)CCC(O)CC1. The van der Waals surface area contributed by atoms with Crippen molar-refractivity contribution in [3.05, 3.63) is 34.6 Å². The van der Waals surface area contributed by atoms with Crippen LogP contribution in [-0.4, -0.2) is 11.2 Å². The van der Waals surface area contributed by atoms with Crippen molar-refractivity contribution in [3.63, 3.8) is 0 Å². The molecule has 0 saturated heterocycles. The molecule has 1 fully saturated rings. The van der Waals surface area contributed by atoms with E-state index in [9.17, 15) is 9.50 Å². The normalized spacial score (nSPS) is 30.4. The molecule has 1 saturated carbocycles. The molecule has 2 rings (SSSR count). The lowest BCUT2D eigenvalue weighted by atomic mass is 9.76. The molecular weight excluding hydrogens is 229 g/mol. The van der Waals surface area contributed by atoms with Crippen LogP contribution in [0.1, 0.15) is 31.2 Å². The van der Waals surface area contributed by atoms with Gasteiger partial charge in [-0.3, -0.25) is 0 Å². The van der Waals surface area contributed by atoms with Crippen LogP contribution in [0.2, 0.25) is 5.02 Å². The zero-order valence-corrected chi connectivity index (χ0v) is 9.67. The van der Waals surface area contributed by atoms with E-state index >= 15 is 0 Å². The summed E-state index contributed by atoms with van der Waals surface area (Å²) in [7, 11) is 0. The van der Waals surface area contributed by atoms with Gasteiger partial charge in [0, 0.05) is 10.6 Å². The maximum Gasteiger partial charge on any atom is 0.125 e. The summed E-state index contributed by atoms with van der Waals surface area (Å²) >= 11 is 5.82. The van der Waals surface area contributed by atoms with Gasteiger partial charge in [-0.05, 0) is 49.4 Å². The highest BCUT2D eigenvalue weighted by molar-refractivity contribution is 6.30. The molecule has 16 heavy (non-hydrogen) atoms. The van der Waals surface area contributed by atoms with Crippen LogP contribution in [0.4, 0.5) is 4.39 Å². The van der Waals surface area contributed by atoms with Gasteiger partial charge in [-0.15, -0.1) is 0 Å². The van der Waals surface area contributed by atoms with Gasteiger partial charge in [0.05, 0.1) is 6.10 Å². The Bertz CT molecular complexity index is 368. The smallest absolute Gasteiger partial charge is 0.125 e. The van der Waals surface area contributed by atoms with E-state index < -0.39 is 5.54 Å². The van der Waals surface area contributed by atoms with Crippen molar-refractivity contribution in [3.8, 4) is 0 Å². The van der Waals surface area contributed by atoms with Crippen LogP contribution in [0.5, 0.6) is 0 Å². The molecule has 88 valence electrons. The molecule has 0 aliphatic heterocycles. The molecule has 0 radical (unpaired) electrons. The van der Waals surface area contributed by atoms with Crippen molar-refractivity contribution in [2.75, 3.05) is 0 Å². The van der Waals surface area contributed by atoms with E-state index in [2.05, 4.69) is 0 Å². The quantitative estimate of drug-likeness (QED) is 0.796. The Labute approximate surface area is 99.2 Å². The summed E-state index contributed by atoms with van der Waals surface area (Å²) in [5.41, 5.74) is 6.42. The summed E-state index contributed by atoms with van der Waals surface area (Å²) in [4.78, 5) is 0. The lowest BCUT2D eigenvalue weighted by molar-refractivity contribution is 0.0968. The van der Waals surface area contributed by atoms with Crippen molar-refractivity contribution in [2.45, 2.75) is 37.3 Å². The molecule has 1 aliphatic carbocycles. The van der Waals surface area contributed by atoms with E-state index in [1.54, 1.807) is 6.07 Å². The van der Waals surface area contributed by atoms with Crippen LogP contribution < -0.4 is 5.73 Å². The van der Waals surface area contributed by atoms with Gasteiger partial charge in [0.1, 0.15) is 5.82 Å². The van der Waals surface area contributed by atoms with Crippen molar-refractivity contribution < 1.29 is 9.50 Å². The van der Waals surface area contributed by atoms with E-state index in [4.69, 9.17) is 17.3 Å². The van der Waals surface area contributed by atoms with Gasteiger partial charge in [-0.25, -0.2) is 4.39 Å². The van der Waals surface area contributed by atoms with Crippen molar-refractivity contribution >= 4 is 11.6 Å². The molecule has 4 heteroatoms. The first-order valence-electron chi connectivity index (χ1n) is 5.43. The fraction of sp³-hybridized carbons (Fsp3) is 0.500. The molecule has 0 heterocycles. The second-order valence-electron chi connectivity index (χ2n) is 4.55. The molecule has 2 nitrogen and oxygen atoms in total. The average molecular weight is 244 g/mol. The van der Waals surface area contributed by atoms with Crippen LogP contribution >= 0.6 is 11.6 Å². The molecule has 1 aliphatic rings. The Morgan fingerprint density at radius 3 is 2.50 bits per heavy atom. The third-order valence-electron chi connectivity index (χ3n) is 3.28. The first kappa shape index (κ1) is 11.8. The number of hydrogen-bond acceptors (Lipinski definition) is 2. The monoisotopic (exact) mass is 243 g/mol. The van der Waals surface area contributed by atoms with Gasteiger partial charge in [0.2, 0.25) is 0 Å². The predicted octanol–water partition coefficient (Wildman–Crippen LogP) is 2.57. The highest BCUT2D eigenvalue weighted by Gasteiger charge is 2.33. The molecule has 1 aromatic rings. The molecular formula is C12H15ClFNO. The molecule has 1 aromatic carbocycles. The van der Waals surface area contributed by atoms with Crippen LogP contribution in [0.15, 0.2) is 18.2 Å². The summed E-state index contributed by atoms with van der Waals surface area (Å²) in [6.45, 7) is 0. The average Bonchev–Trinajstić information content (AvgIpc) is 2.21. The lowest BCUT2D eigenvalue weighted by Crippen LogP contribution is -2.41. The summed E-state index contributed by atoms with van der Waals surface area (Å²) in [5.74, 6) is -0.363. The van der Waals surface area contributed by atoms with Gasteiger partial charge in [0.25, 0.3) is 0 Å². The molecule has 0 spiro atoms. The molecule has 0 bridgehead atoms. The number of nitrogens with two attached hydrogens (primary N) is 1. The number of benzene rings is 1. The zero-order chi connectivity index (χ0) is 11.8. The highest BCUT2D eigenvalue weighted by atomic mass is 35.5. The Balaban J connectivity index is 2.28. The minimum absolute atomic E-state index is 0.277. The van der Waals surface area contributed by atoms with Gasteiger partial charge >= 0.3 is 0 Å². The summed E-state index contributed by atoms with van der Waals surface area (Å²) in [5, 5.41) is 9.81. The number of hydrogen-bond donors (Lipinski definition) is 2. The van der Waals surface area contributed by atoms with E-state index in [1.165, 1.54) is 12.1 Å². The fourth-order valence-corrected chi connectivity index (χ4v) is 2.47. The van der Waals surface area contributed by atoms with Gasteiger partial charge in [0.15, 0.2) is 0 Å². The van der Waals surface area contributed by atoms with E-state index in [1.807, 2.05) is 0 Å². The topological polar surface area (TPSA) is 46.2 Å². The Hall–Kier alpha value is -0.640. The Kier molecular flexibility index (Phi) is 3.19. The van der Waals surface area contributed by atoms with Crippen LogP contribution in [0, 0.1) is 5.82 Å². The predicted molar refractivity (Wildman–Crippen MR) is 61.8 cm³/mol. The maximum atomic E-state index is 13.2. The second-order valence-corrected chi connectivity index (χ2v) is 4.98. The van der Waals surface area contributed by atoms with E-state index in [0.717, 1.165) is 5.56 Å². The molecule has 0 aromatic heterocycles. The van der Waals surface area contributed by atoms with Gasteiger partial charge < -0.3 is 10.8 Å². The third-order valence-corrected chi connectivity index (χ3v) is 3.50. The van der Waals surface area contributed by atoms with Crippen molar-refractivity contribution in [2.24, 2.45) is 5.73 Å². The summed E-state index contributed by atoms with van der Waals surface area (Å²) < 4.78 is 13.2. The number of aliphatic hydroxyl groups excluding tert-OH is 1. The minimum Gasteiger partial charge on any atom is -0.393 e. The number of aliphatic hydroxyl groups is 1. The lowest BCUT2D eigenvalue weighted by Gasteiger charge is -2.36. The standard InChI is InChI=1S/C12H15ClFNO/c13-9-5-8(6-10(14)7-9)12(15)3-1-11(16)2-4-12/h5-7,11,16H,1-4,15H2. The second kappa shape index (κ2) is 4.32. The third kappa shape index (κ3) is 2.37. The Morgan fingerprint density at radius 1 is 1.31 bits per heavy atom. The first-order valence-corrected chi connectivity index (χ1v) is 5.81. The number of halogens is 2. The highest BCUT2D eigenvalue weighted by Crippen LogP contribution is 2.36. The Morgan fingerprint density at radius 2 is 1.94 bits per heavy atom. The first-order chi connectivity index (χ1) is 7.49. The number of rotatable bonds is 1. The van der Waals surface area contributed by atoms with Gasteiger partial charge in [-0.2, -0.15) is 0 Å². The molecule has 0 atom stereocenters. The molecule has 0 amide bonds. The van der Waals surface area contributed by atoms with Crippen LogP contribution in [0.3, 0.4) is 0 Å². The summed E-state index contributed by atoms with van der Waals surface area (Å²) in [6.07, 6.45) is 2.36. The van der Waals surface area contributed by atoms with Crippen molar-refractivity contribution in [1.82, 2.24) is 0 Å². The van der Waals surface area contributed by atoms with Crippen LogP contribution in [0.25, 0.3) is 0 Å². The molecule has 0 unspecified atom stereocenters. The van der Waals surface area contributed by atoms with Crippen LogP contribution in [-0.2, 0) is 5.54 Å². The largest absolute Gasteiger partial charge is 0.393 e. The minimum atomic E-state index is -0.551. The van der Waals surface area contributed by atoms with Gasteiger partial charge in [-0.1, -0.05) is 11.6 Å².